The first-order valence-electron chi connectivity index (χ1n) is 11.9. The van der Waals surface area contributed by atoms with Crippen LogP contribution in [0.3, 0.4) is 0 Å². The molecule has 0 spiro atoms. The van der Waals surface area contributed by atoms with Gasteiger partial charge in [-0.1, -0.05) is 67.8 Å². The van der Waals surface area contributed by atoms with Crippen LogP contribution in [0, 0.1) is 17.6 Å². The summed E-state index contributed by atoms with van der Waals surface area (Å²) in [5, 5.41) is 0. The van der Waals surface area contributed by atoms with E-state index >= 15 is 4.39 Å². The first kappa shape index (κ1) is 25.6. The molecular weight excluding hydrogens is 433 g/mol. The fourth-order valence-electron chi connectivity index (χ4n) is 4.63. The first-order valence-corrected chi connectivity index (χ1v) is 11.9. The minimum atomic E-state index is -0.787. The lowest BCUT2D eigenvalue weighted by molar-refractivity contribution is 0.226. The van der Waals surface area contributed by atoms with Crippen molar-refractivity contribution in [3.05, 3.63) is 102 Å². The van der Waals surface area contributed by atoms with Crippen molar-refractivity contribution in [2.75, 3.05) is 6.61 Å². The molecule has 1 aliphatic rings. The lowest BCUT2D eigenvalue weighted by Crippen LogP contribution is -2.15. The number of ether oxygens (including phenoxy) is 1. The van der Waals surface area contributed by atoms with E-state index in [0.29, 0.717) is 35.6 Å². The van der Waals surface area contributed by atoms with Gasteiger partial charge in [-0.15, -0.1) is 0 Å². The van der Waals surface area contributed by atoms with E-state index < -0.39 is 17.5 Å². The highest BCUT2D eigenvalue weighted by Crippen LogP contribution is 2.40. The molecule has 4 heteroatoms. The molecule has 0 unspecified atom stereocenters. The Kier molecular flexibility index (Phi) is 8.98. The predicted molar refractivity (Wildman–Crippen MR) is 135 cm³/mol. The lowest BCUT2D eigenvalue weighted by atomic mass is 9.76. The van der Waals surface area contributed by atoms with E-state index in [2.05, 4.69) is 19.7 Å². The first-order chi connectivity index (χ1) is 16.3. The normalized spacial score (nSPS) is 18.4. The fourth-order valence-corrected chi connectivity index (χ4v) is 4.63. The smallest absolute Gasteiger partial charge is 0.166 e. The average molecular weight is 467 g/mol. The van der Waals surface area contributed by atoms with Gasteiger partial charge in [-0.05, 0) is 80.1 Å². The van der Waals surface area contributed by atoms with Gasteiger partial charge in [0.25, 0.3) is 0 Å². The van der Waals surface area contributed by atoms with Crippen LogP contribution in [0.25, 0.3) is 17.2 Å². The second-order valence-corrected chi connectivity index (χ2v) is 8.92. The van der Waals surface area contributed by atoms with Crippen LogP contribution in [0.5, 0.6) is 0 Å². The van der Waals surface area contributed by atoms with Gasteiger partial charge in [0.05, 0.1) is 6.61 Å². The Bertz CT molecular complexity index is 1060. The molecule has 34 heavy (non-hydrogen) atoms. The van der Waals surface area contributed by atoms with Crippen LogP contribution >= 0.6 is 0 Å². The SMILES string of the molecule is C=Cc1ccc(-c2ccc(C3CCC(CCC(=C)/C=C(/F)C(=C)OCC)CC3)c(F)c2F)cc1. The molecule has 2 aromatic carbocycles. The molecule has 0 atom stereocenters. The lowest BCUT2D eigenvalue weighted by Gasteiger charge is -2.29. The molecule has 0 bridgehead atoms. The number of allylic oxidation sites excluding steroid dienone is 3. The zero-order valence-electron chi connectivity index (χ0n) is 19.9. The van der Waals surface area contributed by atoms with E-state index in [1.54, 1.807) is 37.3 Å². The van der Waals surface area contributed by atoms with Gasteiger partial charge in [-0.3, -0.25) is 0 Å². The number of hydrogen-bond donors (Lipinski definition) is 0. The molecule has 180 valence electrons. The Hall–Kier alpha value is -3.01. The molecule has 1 fully saturated rings. The maximum atomic E-state index is 15.0. The van der Waals surface area contributed by atoms with E-state index in [4.69, 9.17) is 4.74 Å². The van der Waals surface area contributed by atoms with Gasteiger partial charge in [0.1, 0.15) is 5.76 Å². The van der Waals surface area contributed by atoms with Crippen LogP contribution in [0.1, 0.15) is 62.5 Å². The van der Waals surface area contributed by atoms with E-state index in [9.17, 15) is 8.78 Å². The summed E-state index contributed by atoms with van der Waals surface area (Å²) in [7, 11) is 0. The highest BCUT2D eigenvalue weighted by Gasteiger charge is 2.26. The maximum Gasteiger partial charge on any atom is 0.166 e. The summed E-state index contributed by atoms with van der Waals surface area (Å²) >= 11 is 0. The van der Waals surface area contributed by atoms with Gasteiger partial charge in [-0.25, -0.2) is 13.2 Å². The molecule has 0 heterocycles. The van der Waals surface area contributed by atoms with Crippen molar-refractivity contribution in [1.29, 1.82) is 0 Å². The molecule has 1 saturated carbocycles. The van der Waals surface area contributed by atoms with Crippen molar-refractivity contribution < 1.29 is 17.9 Å². The minimum Gasteiger partial charge on any atom is -0.491 e. The van der Waals surface area contributed by atoms with E-state index in [-0.39, 0.29) is 17.2 Å². The van der Waals surface area contributed by atoms with Crippen molar-refractivity contribution in [3.63, 3.8) is 0 Å². The molecule has 0 aromatic heterocycles. The summed E-state index contributed by atoms with van der Waals surface area (Å²) in [5.74, 6) is -1.51. The standard InChI is InChI=1S/C30H33F3O/c1-5-22-9-13-24(14-10-22)26-17-18-27(30(33)29(26)32)25-15-11-23(12-16-25)8-7-20(3)19-28(31)21(4)34-6-2/h5,9-10,13-14,17-19,23,25H,1,3-4,6-8,11-12,15-16H2,2H3/b28-19+. The molecule has 0 aliphatic heterocycles. The van der Waals surface area contributed by atoms with Crippen LogP contribution in [0.15, 0.2) is 79.4 Å². The third-order valence-corrected chi connectivity index (χ3v) is 6.65. The van der Waals surface area contributed by atoms with Gasteiger partial charge in [0.2, 0.25) is 0 Å². The second kappa shape index (κ2) is 11.9. The zero-order valence-corrected chi connectivity index (χ0v) is 19.9. The summed E-state index contributed by atoms with van der Waals surface area (Å²) in [6.07, 6.45) is 8.16. The number of hydrogen-bond acceptors (Lipinski definition) is 1. The average Bonchev–Trinajstić information content (AvgIpc) is 2.85. The molecule has 3 rings (SSSR count). The highest BCUT2D eigenvalue weighted by molar-refractivity contribution is 5.66. The second-order valence-electron chi connectivity index (χ2n) is 8.92. The molecule has 1 aliphatic carbocycles. The van der Waals surface area contributed by atoms with E-state index in [0.717, 1.165) is 37.7 Å². The number of rotatable bonds is 10. The van der Waals surface area contributed by atoms with Crippen LogP contribution in [-0.4, -0.2) is 6.61 Å². The van der Waals surface area contributed by atoms with Crippen molar-refractivity contribution in [2.45, 2.75) is 51.4 Å². The van der Waals surface area contributed by atoms with Crippen LogP contribution < -0.4 is 0 Å². The Labute approximate surface area is 201 Å². The predicted octanol–water partition coefficient (Wildman–Crippen LogP) is 9.29. The van der Waals surface area contributed by atoms with Gasteiger partial charge in [-0.2, -0.15) is 0 Å². The fraction of sp³-hybridized carbons (Fsp3) is 0.333. The van der Waals surface area contributed by atoms with Gasteiger partial charge in [0.15, 0.2) is 17.5 Å². The van der Waals surface area contributed by atoms with Gasteiger partial charge in [0, 0.05) is 5.56 Å². The highest BCUT2D eigenvalue weighted by atomic mass is 19.2. The zero-order chi connectivity index (χ0) is 24.7. The molecular formula is C30H33F3O. The molecule has 0 N–H and O–H groups in total. The molecule has 0 saturated heterocycles. The Morgan fingerprint density at radius 2 is 1.68 bits per heavy atom. The van der Waals surface area contributed by atoms with Gasteiger partial charge >= 0.3 is 0 Å². The summed E-state index contributed by atoms with van der Waals surface area (Å²) in [4.78, 5) is 0. The monoisotopic (exact) mass is 466 g/mol. The Morgan fingerprint density at radius 3 is 2.29 bits per heavy atom. The third-order valence-electron chi connectivity index (χ3n) is 6.65. The van der Waals surface area contributed by atoms with Crippen molar-refractivity contribution >= 4 is 6.08 Å². The quantitative estimate of drug-likeness (QED) is 0.250. The maximum absolute atomic E-state index is 15.0. The van der Waals surface area contributed by atoms with Gasteiger partial charge < -0.3 is 4.74 Å². The van der Waals surface area contributed by atoms with Crippen LogP contribution in [0.2, 0.25) is 0 Å². The Balaban J connectivity index is 1.57. The van der Waals surface area contributed by atoms with E-state index in [1.165, 1.54) is 6.08 Å². The molecule has 0 amide bonds. The van der Waals surface area contributed by atoms with Crippen molar-refractivity contribution in [1.82, 2.24) is 0 Å². The molecule has 0 radical (unpaired) electrons. The Morgan fingerprint density at radius 1 is 1.00 bits per heavy atom. The summed E-state index contributed by atoms with van der Waals surface area (Å²) in [6, 6.07) is 10.7. The number of halogens is 3. The van der Waals surface area contributed by atoms with Crippen LogP contribution in [-0.2, 0) is 4.74 Å². The largest absolute Gasteiger partial charge is 0.491 e. The summed E-state index contributed by atoms with van der Waals surface area (Å²) in [5.41, 5.74) is 3.01. The van der Waals surface area contributed by atoms with Crippen molar-refractivity contribution in [3.8, 4) is 11.1 Å². The van der Waals surface area contributed by atoms with Crippen molar-refractivity contribution in [2.24, 2.45) is 5.92 Å². The van der Waals surface area contributed by atoms with E-state index in [1.807, 2.05) is 12.1 Å². The molecule has 2 aromatic rings. The third kappa shape index (κ3) is 6.31. The molecule has 1 nitrogen and oxygen atoms in total. The topological polar surface area (TPSA) is 9.23 Å². The summed E-state index contributed by atoms with van der Waals surface area (Å²) in [6.45, 7) is 13.4. The summed E-state index contributed by atoms with van der Waals surface area (Å²) < 4.78 is 49.0. The van der Waals surface area contributed by atoms with Crippen LogP contribution in [0.4, 0.5) is 13.2 Å². The minimum absolute atomic E-state index is 0.0120. The number of benzene rings is 2.